The molecule has 1 fully saturated rings. The van der Waals surface area contributed by atoms with Gasteiger partial charge in [0.15, 0.2) is 0 Å². The maximum absolute atomic E-state index is 13.0. The van der Waals surface area contributed by atoms with E-state index in [9.17, 15) is 27.2 Å². The predicted molar refractivity (Wildman–Crippen MR) is 93.6 cm³/mol. The van der Waals surface area contributed by atoms with Gasteiger partial charge >= 0.3 is 12.2 Å². The average molecular weight is 415 g/mol. The number of urea groups is 1. The van der Waals surface area contributed by atoms with Gasteiger partial charge in [0.1, 0.15) is 5.82 Å². The molecule has 3 rings (SSSR count). The van der Waals surface area contributed by atoms with Gasteiger partial charge in [0.05, 0.1) is 6.54 Å². The lowest BCUT2D eigenvalue weighted by Gasteiger charge is -2.36. The predicted octanol–water partition coefficient (Wildman–Crippen LogP) is 1.43. The zero-order chi connectivity index (χ0) is 21.0. The molecule has 0 radical (unpaired) electrons. The summed E-state index contributed by atoms with van der Waals surface area (Å²) in [5.74, 6) is -2.97. The number of hydrogen-bond acceptors (Lipinski definition) is 5. The largest absolute Gasteiger partial charge is 0.451 e. The lowest BCUT2D eigenvalue weighted by molar-refractivity contribution is -0.144. The van der Waals surface area contributed by atoms with Crippen molar-refractivity contribution in [3.63, 3.8) is 0 Å². The third-order valence-corrected chi connectivity index (χ3v) is 4.16. The second-order valence-electron chi connectivity index (χ2n) is 6.16. The lowest BCUT2D eigenvalue weighted by atomic mass is 10.2. The maximum atomic E-state index is 13.0. The molecule has 0 bridgehead atoms. The lowest BCUT2D eigenvalue weighted by Crippen LogP contribution is -2.52. The van der Waals surface area contributed by atoms with E-state index in [1.165, 1.54) is 17.0 Å². The Morgan fingerprint density at radius 2 is 1.76 bits per heavy atom. The van der Waals surface area contributed by atoms with Crippen molar-refractivity contribution < 1.29 is 27.2 Å². The van der Waals surface area contributed by atoms with E-state index in [1.807, 2.05) is 4.90 Å². The van der Waals surface area contributed by atoms with Crippen LogP contribution in [0.1, 0.15) is 5.82 Å². The van der Waals surface area contributed by atoms with Crippen LogP contribution in [-0.2, 0) is 11.0 Å². The van der Waals surface area contributed by atoms with Gasteiger partial charge in [-0.2, -0.15) is 18.2 Å². The van der Waals surface area contributed by atoms with Crippen molar-refractivity contribution in [2.45, 2.75) is 6.18 Å². The first-order chi connectivity index (χ1) is 13.7. The molecule has 1 saturated heterocycles. The topological polar surface area (TPSA) is 106 Å². The van der Waals surface area contributed by atoms with Crippen LogP contribution in [0.15, 0.2) is 24.3 Å². The minimum absolute atomic E-state index is 0.329. The summed E-state index contributed by atoms with van der Waals surface area (Å²) in [4.78, 5) is 30.5. The molecule has 1 aromatic heterocycles. The van der Waals surface area contributed by atoms with Crippen molar-refractivity contribution in [2.75, 3.05) is 42.9 Å². The number of halogens is 4. The quantitative estimate of drug-likeness (QED) is 0.656. The molecule has 9 nitrogen and oxygen atoms in total. The summed E-state index contributed by atoms with van der Waals surface area (Å²) < 4.78 is 50.3. The summed E-state index contributed by atoms with van der Waals surface area (Å²) in [6.45, 7) is 1.39. The summed E-state index contributed by atoms with van der Waals surface area (Å²) >= 11 is 0. The van der Waals surface area contributed by atoms with Crippen LogP contribution >= 0.6 is 0 Å². The number of nitrogens with one attached hydrogen (secondary N) is 3. The molecule has 0 spiro atoms. The highest BCUT2D eigenvalue weighted by atomic mass is 19.4. The molecule has 2 heterocycles. The van der Waals surface area contributed by atoms with Gasteiger partial charge in [0.2, 0.25) is 17.7 Å². The molecule has 1 aliphatic heterocycles. The van der Waals surface area contributed by atoms with Gasteiger partial charge in [-0.1, -0.05) is 0 Å². The Kier molecular flexibility index (Phi) is 5.84. The Hall–Kier alpha value is -3.38. The van der Waals surface area contributed by atoms with Crippen molar-refractivity contribution in [2.24, 2.45) is 0 Å². The fourth-order valence-corrected chi connectivity index (χ4v) is 2.70. The van der Waals surface area contributed by atoms with Gasteiger partial charge in [0.25, 0.3) is 0 Å². The van der Waals surface area contributed by atoms with Crippen LogP contribution in [-0.4, -0.2) is 64.7 Å². The SMILES string of the molecule is O=C(CNC(=O)N1CCN(c2ccc(F)cc2)CC1)Nc1n[nH]c(C(F)(F)F)n1. The Morgan fingerprint density at radius 3 is 2.34 bits per heavy atom. The molecule has 0 unspecified atom stereocenters. The van der Waals surface area contributed by atoms with Gasteiger partial charge in [0, 0.05) is 31.9 Å². The van der Waals surface area contributed by atoms with Gasteiger partial charge in [-0.15, -0.1) is 5.10 Å². The molecule has 3 amide bonds. The van der Waals surface area contributed by atoms with Gasteiger partial charge in [-0.3, -0.25) is 15.2 Å². The molecular weight excluding hydrogens is 398 g/mol. The van der Waals surface area contributed by atoms with Crippen molar-refractivity contribution in [3.05, 3.63) is 35.9 Å². The number of benzene rings is 1. The normalized spacial score (nSPS) is 14.6. The smallest absolute Gasteiger partial charge is 0.368 e. The van der Waals surface area contributed by atoms with E-state index in [1.54, 1.807) is 17.2 Å². The molecule has 2 aromatic rings. The number of alkyl halides is 3. The molecule has 13 heteroatoms. The van der Waals surface area contributed by atoms with Crippen LogP contribution < -0.4 is 15.5 Å². The fraction of sp³-hybridized carbons (Fsp3) is 0.375. The van der Waals surface area contributed by atoms with E-state index >= 15 is 0 Å². The van der Waals surface area contributed by atoms with Crippen molar-refractivity contribution in [3.8, 4) is 0 Å². The second kappa shape index (κ2) is 8.32. The number of anilines is 2. The van der Waals surface area contributed by atoms with Gasteiger partial charge in [-0.25, -0.2) is 9.18 Å². The first-order valence-electron chi connectivity index (χ1n) is 8.55. The molecule has 29 heavy (non-hydrogen) atoms. The van der Waals surface area contributed by atoms with Crippen molar-refractivity contribution in [1.82, 2.24) is 25.4 Å². The molecule has 0 atom stereocenters. The van der Waals surface area contributed by atoms with E-state index in [0.29, 0.717) is 26.2 Å². The maximum Gasteiger partial charge on any atom is 0.451 e. The number of carbonyl (C=O) groups excluding carboxylic acids is 2. The summed E-state index contributed by atoms with van der Waals surface area (Å²) in [5, 5.41) is 9.36. The molecule has 156 valence electrons. The minimum Gasteiger partial charge on any atom is -0.368 e. The number of amides is 3. The summed E-state index contributed by atoms with van der Waals surface area (Å²) in [6.07, 6.45) is -4.71. The van der Waals surface area contributed by atoms with E-state index in [4.69, 9.17) is 0 Å². The summed E-state index contributed by atoms with van der Waals surface area (Å²) in [6, 6.07) is 5.55. The Balaban J connectivity index is 1.42. The number of piperazine rings is 1. The minimum atomic E-state index is -4.71. The molecule has 1 aromatic carbocycles. The zero-order valence-electron chi connectivity index (χ0n) is 15.0. The molecular formula is C16H17F4N7O2. The van der Waals surface area contributed by atoms with E-state index in [2.05, 4.69) is 20.7 Å². The van der Waals surface area contributed by atoms with Crippen LogP contribution in [0.4, 0.5) is 34.0 Å². The van der Waals surface area contributed by atoms with E-state index in [-0.39, 0.29) is 5.82 Å². The summed E-state index contributed by atoms with van der Waals surface area (Å²) in [7, 11) is 0. The highest BCUT2D eigenvalue weighted by Gasteiger charge is 2.35. The molecule has 0 aliphatic carbocycles. The molecule has 1 aliphatic rings. The first-order valence-corrected chi connectivity index (χ1v) is 8.55. The first kappa shape index (κ1) is 20.4. The fourth-order valence-electron chi connectivity index (χ4n) is 2.70. The van der Waals surface area contributed by atoms with E-state index < -0.39 is 36.4 Å². The second-order valence-corrected chi connectivity index (χ2v) is 6.16. The number of nitrogens with zero attached hydrogens (tertiary/aromatic N) is 4. The number of H-pyrrole nitrogens is 1. The van der Waals surface area contributed by atoms with E-state index in [0.717, 1.165) is 5.69 Å². The number of rotatable bonds is 4. The zero-order valence-corrected chi connectivity index (χ0v) is 15.0. The van der Waals surface area contributed by atoms with Gasteiger partial charge in [-0.05, 0) is 24.3 Å². The van der Waals surface area contributed by atoms with Crippen LogP contribution in [0, 0.1) is 5.82 Å². The Labute approximate surface area is 162 Å². The Morgan fingerprint density at radius 1 is 1.10 bits per heavy atom. The molecule has 3 N–H and O–H groups in total. The standard InChI is InChI=1S/C16H17F4N7O2/c17-10-1-3-11(4-2-10)26-5-7-27(8-6-26)15(29)21-9-12(28)22-14-23-13(24-25-14)16(18,19)20/h1-4H,5-9H2,(H,21,29)(H2,22,23,24,25,28). The van der Waals surface area contributed by atoms with Crippen LogP contribution in [0.2, 0.25) is 0 Å². The number of carbonyl (C=O) groups is 2. The monoisotopic (exact) mass is 415 g/mol. The van der Waals surface area contributed by atoms with Gasteiger partial charge < -0.3 is 15.1 Å². The highest BCUT2D eigenvalue weighted by molar-refractivity contribution is 5.92. The van der Waals surface area contributed by atoms with Crippen LogP contribution in [0.3, 0.4) is 0 Å². The van der Waals surface area contributed by atoms with Crippen LogP contribution in [0.5, 0.6) is 0 Å². The Bertz CT molecular complexity index is 861. The number of hydrogen-bond donors (Lipinski definition) is 3. The average Bonchev–Trinajstić information content (AvgIpc) is 3.16. The van der Waals surface area contributed by atoms with Crippen molar-refractivity contribution in [1.29, 1.82) is 0 Å². The van der Waals surface area contributed by atoms with Crippen molar-refractivity contribution >= 4 is 23.6 Å². The number of aromatic amines is 1. The molecule has 0 saturated carbocycles. The highest BCUT2D eigenvalue weighted by Crippen LogP contribution is 2.26. The third kappa shape index (κ3) is 5.33. The van der Waals surface area contributed by atoms with Crippen LogP contribution in [0.25, 0.3) is 0 Å². The number of aromatic nitrogens is 3. The third-order valence-electron chi connectivity index (χ3n) is 4.16. The summed E-state index contributed by atoms with van der Waals surface area (Å²) in [5.41, 5.74) is 0.843.